The molecule has 0 saturated heterocycles. The van der Waals surface area contributed by atoms with Gasteiger partial charge in [-0.15, -0.1) is 10.2 Å². The molecule has 0 aliphatic heterocycles. The Morgan fingerprint density at radius 2 is 1.83 bits per heavy atom. The molecular formula is C12H10Cl2FN3. The van der Waals surface area contributed by atoms with E-state index in [1.165, 1.54) is 18.2 Å². The zero-order valence-corrected chi connectivity index (χ0v) is 11.3. The zero-order valence-electron chi connectivity index (χ0n) is 9.76. The summed E-state index contributed by atoms with van der Waals surface area (Å²) in [5.74, 6) is 0.0475. The molecule has 0 aliphatic rings. The smallest absolute Gasteiger partial charge is 0.156 e. The Hall–Kier alpha value is -1.39. The van der Waals surface area contributed by atoms with Crippen LogP contribution in [0.15, 0.2) is 18.2 Å². The largest absolute Gasteiger partial charge is 0.336 e. The second kappa shape index (κ2) is 5.08. The molecule has 0 spiro atoms. The van der Waals surface area contributed by atoms with Crippen LogP contribution < -0.4 is 5.32 Å². The van der Waals surface area contributed by atoms with Crippen LogP contribution in [0.25, 0.3) is 0 Å². The van der Waals surface area contributed by atoms with Crippen molar-refractivity contribution in [2.75, 3.05) is 5.32 Å². The van der Waals surface area contributed by atoms with Gasteiger partial charge in [-0.05, 0) is 43.2 Å². The van der Waals surface area contributed by atoms with E-state index in [-0.39, 0.29) is 5.69 Å². The van der Waals surface area contributed by atoms with E-state index in [0.717, 1.165) is 11.1 Å². The summed E-state index contributed by atoms with van der Waals surface area (Å²) < 4.78 is 13.6. The Kier molecular flexibility index (Phi) is 3.68. The van der Waals surface area contributed by atoms with Gasteiger partial charge in [-0.2, -0.15) is 0 Å². The fraction of sp³-hybridized carbons (Fsp3) is 0.167. The van der Waals surface area contributed by atoms with Gasteiger partial charge in [-0.3, -0.25) is 0 Å². The van der Waals surface area contributed by atoms with E-state index in [1.807, 2.05) is 13.8 Å². The molecule has 2 aromatic rings. The van der Waals surface area contributed by atoms with Crippen molar-refractivity contribution < 1.29 is 4.39 Å². The summed E-state index contributed by atoms with van der Waals surface area (Å²) in [7, 11) is 0. The van der Waals surface area contributed by atoms with Crippen LogP contribution in [0.4, 0.5) is 15.9 Å². The molecule has 0 radical (unpaired) electrons. The molecule has 0 fully saturated rings. The number of rotatable bonds is 2. The first kappa shape index (κ1) is 13.1. The third-order valence-corrected chi connectivity index (χ3v) is 3.24. The highest BCUT2D eigenvalue weighted by Gasteiger charge is 2.10. The molecule has 6 heteroatoms. The van der Waals surface area contributed by atoms with Crippen LogP contribution in [0.1, 0.15) is 11.1 Å². The minimum Gasteiger partial charge on any atom is -0.336 e. The number of benzene rings is 1. The SMILES string of the molecule is Cc1c(Cl)nnc(Nc2cc(Cl)ccc2F)c1C. The number of nitrogens with one attached hydrogen (secondary N) is 1. The van der Waals surface area contributed by atoms with E-state index in [4.69, 9.17) is 23.2 Å². The summed E-state index contributed by atoms with van der Waals surface area (Å²) in [6.45, 7) is 3.66. The van der Waals surface area contributed by atoms with E-state index in [9.17, 15) is 4.39 Å². The quantitative estimate of drug-likeness (QED) is 0.895. The Morgan fingerprint density at radius 3 is 2.56 bits per heavy atom. The Morgan fingerprint density at radius 1 is 1.11 bits per heavy atom. The molecule has 0 amide bonds. The maximum Gasteiger partial charge on any atom is 0.156 e. The van der Waals surface area contributed by atoms with E-state index < -0.39 is 5.82 Å². The summed E-state index contributed by atoms with van der Waals surface area (Å²) in [6, 6.07) is 4.26. The van der Waals surface area contributed by atoms with Crippen molar-refractivity contribution in [2.45, 2.75) is 13.8 Å². The van der Waals surface area contributed by atoms with Crippen LogP contribution in [-0.2, 0) is 0 Å². The number of hydrogen-bond donors (Lipinski definition) is 1. The van der Waals surface area contributed by atoms with E-state index >= 15 is 0 Å². The van der Waals surface area contributed by atoms with Gasteiger partial charge in [0, 0.05) is 5.02 Å². The van der Waals surface area contributed by atoms with Crippen molar-refractivity contribution >= 4 is 34.7 Å². The van der Waals surface area contributed by atoms with Crippen LogP contribution >= 0.6 is 23.2 Å². The lowest BCUT2D eigenvalue weighted by Crippen LogP contribution is -2.02. The molecule has 0 saturated carbocycles. The summed E-state index contributed by atoms with van der Waals surface area (Å²) in [5, 5.41) is 11.3. The summed E-state index contributed by atoms with van der Waals surface area (Å²) in [5.41, 5.74) is 1.87. The van der Waals surface area contributed by atoms with E-state index in [1.54, 1.807) is 0 Å². The molecule has 0 atom stereocenters. The molecule has 0 bridgehead atoms. The highest BCUT2D eigenvalue weighted by atomic mass is 35.5. The molecule has 1 heterocycles. The summed E-state index contributed by atoms with van der Waals surface area (Å²) >= 11 is 11.7. The monoisotopic (exact) mass is 285 g/mol. The van der Waals surface area contributed by atoms with Gasteiger partial charge >= 0.3 is 0 Å². The average Bonchev–Trinajstić information content (AvgIpc) is 2.34. The molecule has 0 aliphatic carbocycles. The van der Waals surface area contributed by atoms with Crippen LogP contribution in [0.5, 0.6) is 0 Å². The van der Waals surface area contributed by atoms with Gasteiger partial charge in [0.1, 0.15) is 5.82 Å². The fourth-order valence-electron chi connectivity index (χ4n) is 1.42. The first-order valence-corrected chi connectivity index (χ1v) is 5.96. The number of nitrogens with zero attached hydrogens (tertiary/aromatic N) is 2. The molecule has 18 heavy (non-hydrogen) atoms. The Balaban J connectivity index is 2.40. The normalized spacial score (nSPS) is 10.5. The van der Waals surface area contributed by atoms with Gasteiger partial charge in [0.2, 0.25) is 0 Å². The topological polar surface area (TPSA) is 37.8 Å². The predicted molar refractivity (Wildman–Crippen MR) is 71.2 cm³/mol. The molecule has 0 unspecified atom stereocenters. The third kappa shape index (κ3) is 2.54. The van der Waals surface area contributed by atoms with Crippen molar-refractivity contribution in [3.8, 4) is 0 Å². The third-order valence-electron chi connectivity index (χ3n) is 2.65. The van der Waals surface area contributed by atoms with Crippen LogP contribution in [0.2, 0.25) is 10.2 Å². The Bertz CT molecular complexity index is 602. The van der Waals surface area contributed by atoms with E-state index in [2.05, 4.69) is 15.5 Å². The van der Waals surface area contributed by atoms with Crippen molar-refractivity contribution in [1.82, 2.24) is 10.2 Å². The highest BCUT2D eigenvalue weighted by Crippen LogP contribution is 2.26. The number of aromatic nitrogens is 2. The van der Waals surface area contributed by atoms with Gasteiger partial charge in [0.15, 0.2) is 11.0 Å². The molecule has 1 aromatic carbocycles. The molecule has 1 N–H and O–H groups in total. The molecular weight excluding hydrogens is 276 g/mol. The second-order valence-electron chi connectivity index (χ2n) is 3.84. The van der Waals surface area contributed by atoms with Gasteiger partial charge < -0.3 is 5.32 Å². The zero-order chi connectivity index (χ0) is 13.3. The van der Waals surface area contributed by atoms with Gasteiger partial charge in [0.05, 0.1) is 5.69 Å². The first-order valence-electron chi connectivity index (χ1n) is 5.20. The average molecular weight is 286 g/mol. The molecule has 94 valence electrons. The lowest BCUT2D eigenvalue weighted by Gasteiger charge is -2.11. The number of anilines is 2. The first-order chi connectivity index (χ1) is 8.49. The number of hydrogen-bond acceptors (Lipinski definition) is 3. The van der Waals surface area contributed by atoms with Crippen molar-refractivity contribution in [3.63, 3.8) is 0 Å². The minimum atomic E-state index is -0.409. The second-order valence-corrected chi connectivity index (χ2v) is 4.63. The summed E-state index contributed by atoms with van der Waals surface area (Å²) in [4.78, 5) is 0. The van der Waals surface area contributed by atoms with Crippen molar-refractivity contribution in [3.05, 3.63) is 45.3 Å². The molecule has 2 rings (SSSR count). The van der Waals surface area contributed by atoms with Crippen molar-refractivity contribution in [1.29, 1.82) is 0 Å². The standard InChI is InChI=1S/C12H10Cl2FN3/c1-6-7(2)12(18-17-11(6)14)16-10-5-8(13)3-4-9(10)15/h3-5H,1-2H3,(H,16,18). The summed E-state index contributed by atoms with van der Waals surface area (Å²) in [6.07, 6.45) is 0. The predicted octanol–water partition coefficient (Wildman–Crippen LogP) is 4.28. The van der Waals surface area contributed by atoms with Gasteiger partial charge in [-0.25, -0.2) is 4.39 Å². The lowest BCUT2D eigenvalue weighted by molar-refractivity contribution is 0.631. The lowest BCUT2D eigenvalue weighted by atomic mass is 10.2. The van der Waals surface area contributed by atoms with Crippen LogP contribution in [0, 0.1) is 19.7 Å². The fourth-order valence-corrected chi connectivity index (χ4v) is 1.77. The Labute approximate surface area is 114 Å². The van der Waals surface area contributed by atoms with Gasteiger partial charge in [-0.1, -0.05) is 23.2 Å². The maximum atomic E-state index is 13.6. The van der Waals surface area contributed by atoms with Crippen LogP contribution in [0.3, 0.4) is 0 Å². The highest BCUT2D eigenvalue weighted by molar-refractivity contribution is 6.31. The van der Waals surface area contributed by atoms with Gasteiger partial charge in [0.25, 0.3) is 0 Å². The van der Waals surface area contributed by atoms with Crippen molar-refractivity contribution in [2.24, 2.45) is 0 Å². The maximum absolute atomic E-state index is 13.6. The molecule has 1 aromatic heterocycles. The van der Waals surface area contributed by atoms with E-state index in [0.29, 0.717) is 16.0 Å². The minimum absolute atomic E-state index is 0.252. The number of halogens is 3. The van der Waals surface area contributed by atoms with Crippen LogP contribution in [-0.4, -0.2) is 10.2 Å². The molecule has 3 nitrogen and oxygen atoms in total.